The molecule has 0 unspecified atom stereocenters. The van der Waals surface area contributed by atoms with E-state index in [0.29, 0.717) is 0 Å². The summed E-state index contributed by atoms with van der Waals surface area (Å²) in [4.78, 5) is 49.6. The Kier molecular flexibility index (Phi) is 3.73. The highest BCUT2D eigenvalue weighted by Crippen LogP contribution is 2.16. The minimum absolute atomic E-state index is 0.0405. The fraction of sp³-hybridized carbons (Fsp3) is 0.375. The second-order valence-corrected chi connectivity index (χ2v) is 5.97. The summed E-state index contributed by atoms with van der Waals surface area (Å²) >= 11 is 0. The highest BCUT2D eigenvalue weighted by atomic mass is 16.3. The molecule has 0 bridgehead atoms. The summed E-state index contributed by atoms with van der Waals surface area (Å²) in [6.07, 6.45) is 0. The van der Waals surface area contributed by atoms with Crippen molar-refractivity contribution in [1.29, 1.82) is 0 Å². The number of aliphatic hydroxyl groups excluding tert-OH is 2. The van der Waals surface area contributed by atoms with Crippen molar-refractivity contribution in [3.8, 4) is 0 Å². The third-order valence-electron chi connectivity index (χ3n) is 4.36. The van der Waals surface area contributed by atoms with Gasteiger partial charge in [0.25, 0.3) is 22.2 Å². The Bertz CT molecular complexity index is 979. The van der Waals surface area contributed by atoms with Crippen LogP contribution in [0.2, 0.25) is 0 Å². The summed E-state index contributed by atoms with van der Waals surface area (Å²) in [5.41, 5.74) is -2.41. The Hall–Kier alpha value is -2.58. The van der Waals surface area contributed by atoms with E-state index in [9.17, 15) is 29.4 Å². The van der Waals surface area contributed by atoms with E-state index < -0.39 is 34.3 Å². The molecule has 0 aliphatic rings. The largest absolute Gasteiger partial charge is 0.394 e. The van der Waals surface area contributed by atoms with Gasteiger partial charge in [0.2, 0.25) is 0 Å². The number of fused-ring (bicyclic) bond motifs is 2. The van der Waals surface area contributed by atoms with Crippen molar-refractivity contribution in [1.82, 2.24) is 9.13 Å². The molecule has 0 fully saturated rings. The van der Waals surface area contributed by atoms with Crippen LogP contribution in [0.25, 0.3) is 21.5 Å². The SMILES string of the molecule is C[C@H](CO)n1c(=O)c2cc3c(=O)n([C@H](C)CO)c(=O)c3cc2c1=O. The molecule has 8 nitrogen and oxygen atoms in total. The molecule has 0 amide bonds. The van der Waals surface area contributed by atoms with E-state index in [2.05, 4.69) is 0 Å². The quantitative estimate of drug-likeness (QED) is 0.634. The van der Waals surface area contributed by atoms with Crippen molar-refractivity contribution < 1.29 is 10.2 Å². The lowest BCUT2D eigenvalue weighted by Crippen LogP contribution is -2.30. The molecule has 2 aromatic heterocycles. The van der Waals surface area contributed by atoms with Gasteiger partial charge in [0, 0.05) is 0 Å². The predicted molar refractivity (Wildman–Crippen MR) is 88.5 cm³/mol. The number of aromatic nitrogens is 2. The molecular formula is C16H16N2O6. The van der Waals surface area contributed by atoms with E-state index in [1.54, 1.807) is 0 Å². The molecular weight excluding hydrogens is 316 g/mol. The van der Waals surface area contributed by atoms with Crippen LogP contribution in [0.1, 0.15) is 25.9 Å². The highest BCUT2D eigenvalue weighted by molar-refractivity contribution is 5.97. The zero-order valence-corrected chi connectivity index (χ0v) is 13.1. The maximum absolute atomic E-state index is 12.4. The van der Waals surface area contributed by atoms with Crippen LogP contribution >= 0.6 is 0 Å². The minimum Gasteiger partial charge on any atom is -0.394 e. The normalized spacial score (nSPS) is 14.5. The maximum Gasteiger partial charge on any atom is 0.261 e. The first-order valence-electron chi connectivity index (χ1n) is 7.49. The summed E-state index contributed by atoms with van der Waals surface area (Å²) in [6, 6.07) is 1.09. The molecule has 2 N–H and O–H groups in total. The minimum atomic E-state index is -0.704. The van der Waals surface area contributed by atoms with Crippen molar-refractivity contribution in [3.63, 3.8) is 0 Å². The van der Waals surface area contributed by atoms with E-state index in [-0.39, 0.29) is 34.8 Å². The van der Waals surface area contributed by atoms with E-state index in [1.165, 1.54) is 26.0 Å². The van der Waals surface area contributed by atoms with Crippen LogP contribution in [0, 0.1) is 0 Å². The van der Waals surface area contributed by atoms with E-state index in [4.69, 9.17) is 0 Å². The van der Waals surface area contributed by atoms with Crippen molar-refractivity contribution in [3.05, 3.63) is 53.5 Å². The summed E-state index contributed by atoms with van der Waals surface area (Å²) in [6.45, 7) is 2.28. The Morgan fingerprint density at radius 2 is 0.958 bits per heavy atom. The number of hydrogen-bond acceptors (Lipinski definition) is 6. The molecule has 0 saturated carbocycles. The van der Waals surface area contributed by atoms with E-state index in [0.717, 1.165) is 9.13 Å². The molecule has 2 heterocycles. The first kappa shape index (κ1) is 16.3. The van der Waals surface area contributed by atoms with Gasteiger partial charge in [0.1, 0.15) is 0 Å². The molecule has 0 spiro atoms. The van der Waals surface area contributed by atoms with Gasteiger partial charge in [-0.3, -0.25) is 28.3 Å². The Morgan fingerprint density at radius 3 is 1.17 bits per heavy atom. The maximum atomic E-state index is 12.4. The fourth-order valence-electron chi connectivity index (χ4n) is 2.97. The van der Waals surface area contributed by atoms with Gasteiger partial charge in [0.05, 0.1) is 46.8 Å². The monoisotopic (exact) mass is 332 g/mol. The van der Waals surface area contributed by atoms with Gasteiger partial charge in [0.15, 0.2) is 0 Å². The molecule has 0 radical (unpaired) electrons. The molecule has 0 aliphatic heterocycles. The lowest BCUT2D eigenvalue weighted by molar-refractivity contribution is 0.235. The molecule has 0 aliphatic carbocycles. The van der Waals surface area contributed by atoms with E-state index in [1.807, 2.05) is 0 Å². The van der Waals surface area contributed by atoms with Crippen LogP contribution < -0.4 is 22.2 Å². The molecule has 8 heteroatoms. The fourth-order valence-corrected chi connectivity index (χ4v) is 2.97. The van der Waals surface area contributed by atoms with Crippen molar-refractivity contribution in [2.45, 2.75) is 25.9 Å². The Balaban J connectivity index is 2.48. The van der Waals surface area contributed by atoms with Crippen LogP contribution in [0.15, 0.2) is 31.3 Å². The first-order valence-corrected chi connectivity index (χ1v) is 7.49. The third-order valence-corrected chi connectivity index (χ3v) is 4.36. The number of rotatable bonds is 4. The molecule has 24 heavy (non-hydrogen) atoms. The van der Waals surface area contributed by atoms with Crippen molar-refractivity contribution >= 4 is 21.5 Å². The first-order chi connectivity index (χ1) is 11.3. The van der Waals surface area contributed by atoms with Gasteiger partial charge < -0.3 is 10.2 Å². The Labute approximate surface area is 134 Å². The summed E-state index contributed by atoms with van der Waals surface area (Å²) < 4.78 is 1.84. The summed E-state index contributed by atoms with van der Waals surface area (Å²) in [5.74, 6) is 0. The number of hydrogen-bond donors (Lipinski definition) is 2. The molecule has 3 rings (SSSR count). The lowest BCUT2D eigenvalue weighted by Gasteiger charge is -2.06. The highest BCUT2D eigenvalue weighted by Gasteiger charge is 2.22. The second-order valence-electron chi connectivity index (χ2n) is 5.97. The molecule has 126 valence electrons. The van der Waals surface area contributed by atoms with Gasteiger partial charge in [-0.2, -0.15) is 0 Å². The summed E-state index contributed by atoms with van der Waals surface area (Å²) in [5, 5.41) is 18.6. The smallest absolute Gasteiger partial charge is 0.261 e. The summed E-state index contributed by atoms with van der Waals surface area (Å²) in [7, 11) is 0. The van der Waals surface area contributed by atoms with Crippen LogP contribution in [0.5, 0.6) is 0 Å². The molecule has 3 aromatic rings. The third kappa shape index (κ3) is 2.00. The number of benzene rings is 1. The average Bonchev–Trinajstić information content (AvgIpc) is 2.97. The molecule has 2 atom stereocenters. The van der Waals surface area contributed by atoms with Gasteiger partial charge in [-0.1, -0.05) is 0 Å². The topological polar surface area (TPSA) is 119 Å². The van der Waals surface area contributed by atoms with Crippen LogP contribution in [0.3, 0.4) is 0 Å². The van der Waals surface area contributed by atoms with Crippen LogP contribution in [-0.2, 0) is 0 Å². The van der Waals surface area contributed by atoms with Crippen molar-refractivity contribution in [2.75, 3.05) is 13.2 Å². The lowest BCUT2D eigenvalue weighted by atomic mass is 10.1. The van der Waals surface area contributed by atoms with Crippen molar-refractivity contribution in [2.24, 2.45) is 0 Å². The van der Waals surface area contributed by atoms with Gasteiger partial charge >= 0.3 is 0 Å². The second kappa shape index (κ2) is 5.50. The van der Waals surface area contributed by atoms with Crippen LogP contribution in [0.4, 0.5) is 0 Å². The number of nitrogens with zero attached hydrogens (tertiary/aromatic N) is 2. The predicted octanol–water partition coefficient (Wildman–Crippen LogP) is -0.981. The van der Waals surface area contributed by atoms with E-state index >= 15 is 0 Å². The van der Waals surface area contributed by atoms with Gasteiger partial charge in [-0.25, -0.2) is 0 Å². The number of aliphatic hydroxyl groups is 2. The zero-order valence-electron chi connectivity index (χ0n) is 13.1. The Morgan fingerprint density at radius 1 is 0.708 bits per heavy atom. The average molecular weight is 332 g/mol. The standard InChI is InChI=1S/C16H16N2O6/c1-7(5-19)17-13(21)9-3-11-12(4-10(9)14(17)22)16(24)18(15(11)23)8(2)6-20/h3-4,7-8,19-20H,5-6H2,1-2H3/t7-,8-/m1/s1. The molecule has 1 aromatic carbocycles. The van der Waals surface area contributed by atoms with Gasteiger partial charge in [-0.05, 0) is 26.0 Å². The van der Waals surface area contributed by atoms with Crippen LogP contribution in [-0.4, -0.2) is 32.6 Å². The molecule has 0 saturated heterocycles. The zero-order chi connectivity index (χ0) is 17.8. The van der Waals surface area contributed by atoms with Gasteiger partial charge in [-0.15, -0.1) is 0 Å².